The zero-order chi connectivity index (χ0) is 12.7. The lowest BCUT2D eigenvalue weighted by Gasteiger charge is -2.05. The van der Waals surface area contributed by atoms with Gasteiger partial charge in [0.15, 0.2) is 0 Å². The van der Waals surface area contributed by atoms with E-state index in [0.717, 1.165) is 22.1 Å². The van der Waals surface area contributed by atoms with Crippen LogP contribution < -0.4 is 10.5 Å². The van der Waals surface area contributed by atoms with Crippen molar-refractivity contribution in [2.24, 2.45) is 0 Å². The third-order valence-electron chi connectivity index (χ3n) is 1.93. The van der Waals surface area contributed by atoms with Gasteiger partial charge in [-0.25, -0.2) is 0 Å². The molecule has 0 aliphatic heterocycles. The highest BCUT2D eigenvalue weighted by atomic mass is 32.1. The first-order valence-corrected chi connectivity index (χ1v) is 6.01. The Morgan fingerprint density at radius 2 is 1.59 bits per heavy atom. The van der Waals surface area contributed by atoms with Crippen molar-refractivity contribution in [3.05, 3.63) is 48.5 Å². The van der Waals surface area contributed by atoms with Crippen molar-refractivity contribution in [3.63, 3.8) is 0 Å². The molecule has 0 atom stereocenters. The van der Waals surface area contributed by atoms with Crippen LogP contribution in [0.25, 0.3) is 0 Å². The van der Waals surface area contributed by atoms with Crippen LogP contribution in [0, 0.1) is 0 Å². The van der Waals surface area contributed by atoms with Gasteiger partial charge in [-0.2, -0.15) is 0 Å². The third-order valence-corrected chi connectivity index (χ3v) is 2.21. The van der Waals surface area contributed by atoms with E-state index in [1.807, 2.05) is 50.2 Å². The number of ether oxygens (including phenoxy) is 1. The van der Waals surface area contributed by atoms with Crippen molar-refractivity contribution in [2.75, 3.05) is 5.73 Å². The normalized spacial score (nSPS) is 9.12. The first kappa shape index (κ1) is 13.5. The summed E-state index contributed by atoms with van der Waals surface area (Å²) < 4.78 is 5.61. The molecule has 0 aliphatic carbocycles. The van der Waals surface area contributed by atoms with Gasteiger partial charge in [-0.05, 0) is 42.5 Å². The number of hydrogen-bond acceptors (Lipinski definition) is 3. The van der Waals surface area contributed by atoms with Gasteiger partial charge in [0, 0.05) is 10.6 Å². The molecule has 0 fully saturated rings. The minimum Gasteiger partial charge on any atom is -0.457 e. The molecule has 0 aromatic heterocycles. The van der Waals surface area contributed by atoms with Crippen LogP contribution in [-0.2, 0) is 0 Å². The Morgan fingerprint density at radius 1 is 0.941 bits per heavy atom. The van der Waals surface area contributed by atoms with Gasteiger partial charge in [0.25, 0.3) is 0 Å². The van der Waals surface area contributed by atoms with E-state index in [-0.39, 0.29) is 0 Å². The molecule has 2 N–H and O–H groups in total. The number of hydrogen-bond donors (Lipinski definition) is 2. The maximum Gasteiger partial charge on any atom is 0.128 e. The molecule has 0 saturated carbocycles. The third kappa shape index (κ3) is 4.41. The summed E-state index contributed by atoms with van der Waals surface area (Å²) in [7, 11) is 0. The average molecular weight is 247 g/mol. The molecule has 2 nitrogen and oxygen atoms in total. The lowest BCUT2D eigenvalue weighted by atomic mass is 10.3. The smallest absolute Gasteiger partial charge is 0.128 e. The molecule has 0 saturated heterocycles. The highest BCUT2D eigenvalue weighted by Gasteiger charge is 1.96. The number of nitrogens with two attached hydrogens (primary N) is 1. The molecule has 0 heterocycles. The molecular weight excluding hydrogens is 230 g/mol. The second kappa shape index (κ2) is 6.86. The van der Waals surface area contributed by atoms with Gasteiger partial charge in [-0.15, -0.1) is 12.6 Å². The van der Waals surface area contributed by atoms with Crippen LogP contribution in [-0.4, -0.2) is 0 Å². The molecule has 2 aromatic rings. The molecule has 3 heteroatoms. The molecule has 90 valence electrons. The monoisotopic (exact) mass is 247 g/mol. The Morgan fingerprint density at radius 3 is 2.18 bits per heavy atom. The number of benzene rings is 2. The second-order valence-electron chi connectivity index (χ2n) is 3.17. The highest BCUT2D eigenvalue weighted by Crippen LogP contribution is 2.23. The fraction of sp³-hybridized carbons (Fsp3) is 0.143. The van der Waals surface area contributed by atoms with Crippen LogP contribution >= 0.6 is 12.6 Å². The van der Waals surface area contributed by atoms with Crippen LogP contribution in [0.4, 0.5) is 5.69 Å². The van der Waals surface area contributed by atoms with E-state index in [0.29, 0.717) is 0 Å². The van der Waals surface area contributed by atoms with Crippen LogP contribution in [0.5, 0.6) is 11.5 Å². The minimum absolute atomic E-state index is 0.727. The molecule has 0 amide bonds. The summed E-state index contributed by atoms with van der Waals surface area (Å²) in [5.41, 5.74) is 6.30. The standard InChI is InChI=1S/C12H11NOS.C2H6/c13-9-4-6-10(7-5-9)14-11-2-1-3-12(15)8-11;1-2/h1-8,15H,13H2;1-2H3. The van der Waals surface area contributed by atoms with E-state index in [4.69, 9.17) is 10.5 Å². The van der Waals surface area contributed by atoms with E-state index >= 15 is 0 Å². The SMILES string of the molecule is CC.Nc1ccc(Oc2cccc(S)c2)cc1. The van der Waals surface area contributed by atoms with E-state index in [2.05, 4.69) is 12.6 Å². The zero-order valence-electron chi connectivity index (χ0n) is 10.1. The van der Waals surface area contributed by atoms with Crippen molar-refractivity contribution >= 4 is 18.3 Å². The van der Waals surface area contributed by atoms with Crippen molar-refractivity contribution in [2.45, 2.75) is 18.7 Å². The van der Waals surface area contributed by atoms with E-state index < -0.39 is 0 Å². The molecule has 0 bridgehead atoms. The van der Waals surface area contributed by atoms with Gasteiger partial charge >= 0.3 is 0 Å². The summed E-state index contributed by atoms with van der Waals surface area (Å²) in [4.78, 5) is 0.878. The van der Waals surface area contributed by atoms with E-state index in [1.165, 1.54) is 0 Å². The summed E-state index contributed by atoms with van der Waals surface area (Å²) in [6.07, 6.45) is 0. The first-order valence-electron chi connectivity index (χ1n) is 5.56. The Balaban J connectivity index is 0.000000686. The number of nitrogen functional groups attached to an aromatic ring is 1. The van der Waals surface area contributed by atoms with Crippen molar-refractivity contribution in [1.82, 2.24) is 0 Å². The average Bonchev–Trinajstić information content (AvgIpc) is 2.35. The summed E-state index contributed by atoms with van der Waals surface area (Å²) in [6.45, 7) is 4.00. The molecule has 2 aromatic carbocycles. The molecule has 0 unspecified atom stereocenters. The van der Waals surface area contributed by atoms with Crippen molar-refractivity contribution in [3.8, 4) is 11.5 Å². The van der Waals surface area contributed by atoms with Gasteiger partial charge < -0.3 is 10.5 Å². The summed E-state index contributed by atoms with van der Waals surface area (Å²) in [5.74, 6) is 1.54. The topological polar surface area (TPSA) is 35.2 Å². The summed E-state index contributed by atoms with van der Waals surface area (Å²) in [6, 6.07) is 14.8. The summed E-state index contributed by atoms with van der Waals surface area (Å²) >= 11 is 4.24. The van der Waals surface area contributed by atoms with Gasteiger partial charge in [0.1, 0.15) is 11.5 Å². The molecular formula is C14H17NOS. The lowest BCUT2D eigenvalue weighted by molar-refractivity contribution is 0.481. The van der Waals surface area contributed by atoms with Crippen molar-refractivity contribution < 1.29 is 4.74 Å². The lowest BCUT2D eigenvalue weighted by Crippen LogP contribution is -1.86. The fourth-order valence-corrected chi connectivity index (χ4v) is 1.43. The predicted molar refractivity (Wildman–Crippen MR) is 76.0 cm³/mol. The second-order valence-corrected chi connectivity index (χ2v) is 3.68. The first-order chi connectivity index (χ1) is 8.24. The zero-order valence-corrected chi connectivity index (χ0v) is 10.9. The molecule has 0 radical (unpaired) electrons. The van der Waals surface area contributed by atoms with E-state index in [1.54, 1.807) is 12.1 Å². The minimum atomic E-state index is 0.727. The maximum atomic E-state index is 5.61. The Labute approximate surface area is 108 Å². The number of anilines is 1. The van der Waals surface area contributed by atoms with Crippen LogP contribution in [0.1, 0.15) is 13.8 Å². The predicted octanol–water partition coefficient (Wildman–Crippen LogP) is 4.38. The molecule has 0 aliphatic rings. The Hall–Kier alpha value is -1.61. The van der Waals surface area contributed by atoms with Gasteiger partial charge in [-0.3, -0.25) is 0 Å². The summed E-state index contributed by atoms with van der Waals surface area (Å²) in [5, 5.41) is 0. The van der Waals surface area contributed by atoms with Gasteiger partial charge in [-0.1, -0.05) is 19.9 Å². The van der Waals surface area contributed by atoms with Crippen LogP contribution in [0.2, 0.25) is 0 Å². The largest absolute Gasteiger partial charge is 0.457 e. The van der Waals surface area contributed by atoms with Crippen LogP contribution in [0.3, 0.4) is 0 Å². The Bertz CT molecular complexity index is 454. The Kier molecular flexibility index (Phi) is 5.43. The molecule has 17 heavy (non-hydrogen) atoms. The fourth-order valence-electron chi connectivity index (χ4n) is 1.22. The molecule has 0 spiro atoms. The maximum absolute atomic E-state index is 5.61. The van der Waals surface area contributed by atoms with Crippen LogP contribution in [0.15, 0.2) is 53.4 Å². The van der Waals surface area contributed by atoms with Gasteiger partial charge in [0.05, 0.1) is 0 Å². The molecule has 2 rings (SSSR count). The van der Waals surface area contributed by atoms with Crippen molar-refractivity contribution in [1.29, 1.82) is 0 Å². The number of thiol groups is 1. The highest BCUT2D eigenvalue weighted by molar-refractivity contribution is 7.80. The number of rotatable bonds is 2. The van der Waals surface area contributed by atoms with Gasteiger partial charge in [0.2, 0.25) is 0 Å². The quantitative estimate of drug-likeness (QED) is 0.610. The van der Waals surface area contributed by atoms with E-state index in [9.17, 15) is 0 Å².